The van der Waals surface area contributed by atoms with Gasteiger partial charge < -0.3 is 0 Å². The van der Waals surface area contributed by atoms with Crippen molar-refractivity contribution >= 4 is 0 Å². The molecule has 1 aromatic rings. The quantitative estimate of drug-likeness (QED) is 0.740. The molecule has 84 valence electrons. The van der Waals surface area contributed by atoms with Gasteiger partial charge in [-0.1, -0.05) is 6.42 Å². The SMILES string of the molecule is Cc1nn(C)c(C)c1CN1CCCCC1. The van der Waals surface area contributed by atoms with Gasteiger partial charge in [0.1, 0.15) is 0 Å². The fourth-order valence-electron chi connectivity index (χ4n) is 2.39. The largest absolute Gasteiger partial charge is 0.299 e. The molecule has 0 N–H and O–H groups in total. The van der Waals surface area contributed by atoms with Crippen LogP contribution in [0.25, 0.3) is 0 Å². The minimum Gasteiger partial charge on any atom is -0.299 e. The first-order valence-electron chi connectivity index (χ1n) is 5.90. The summed E-state index contributed by atoms with van der Waals surface area (Å²) in [6, 6.07) is 0. The second-order valence-electron chi connectivity index (χ2n) is 4.61. The van der Waals surface area contributed by atoms with Gasteiger partial charge in [-0.3, -0.25) is 9.58 Å². The standard InChI is InChI=1S/C12H21N3/c1-10-12(11(2)14(3)13-10)9-15-7-5-4-6-8-15/h4-9H2,1-3H3. The van der Waals surface area contributed by atoms with Gasteiger partial charge in [0.05, 0.1) is 5.69 Å². The van der Waals surface area contributed by atoms with Crippen LogP contribution >= 0.6 is 0 Å². The summed E-state index contributed by atoms with van der Waals surface area (Å²) in [5, 5.41) is 4.47. The fourth-order valence-corrected chi connectivity index (χ4v) is 2.39. The number of aryl methyl sites for hydroxylation is 2. The van der Waals surface area contributed by atoms with Crippen molar-refractivity contribution in [2.24, 2.45) is 7.05 Å². The summed E-state index contributed by atoms with van der Waals surface area (Å²) >= 11 is 0. The van der Waals surface area contributed by atoms with Crippen molar-refractivity contribution in [1.29, 1.82) is 0 Å². The third kappa shape index (κ3) is 2.23. The molecule has 1 saturated heterocycles. The highest BCUT2D eigenvalue weighted by atomic mass is 15.3. The van der Waals surface area contributed by atoms with E-state index in [2.05, 4.69) is 23.8 Å². The lowest BCUT2D eigenvalue weighted by Crippen LogP contribution is -2.29. The molecule has 1 aromatic heterocycles. The van der Waals surface area contributed by atoms with Crippen LogP contribution in [-0.4, -0.2) is 27.8 Å². The van der Waals surface area contributed by atoms with Crippen LogP contribution in [0, 0.1) is 13.8 Å². The summed E-state index contributed by atoms with van der Waals surface area (Å²) in [7, 11) is 2.03. The fraction of sp³-hybridized carbons (Fsp3) is 0.750. The van der Waals surface area contributed by atoms with Gasteiger partial charge in [0, 0.05) is 24.8 Å². The Labute approximate surface area is 92.1 Å². The Hall–Kier alpha value is -0.830. The van der Waals surface area contributed by atoms with Crippen molar-refractivity contribution in [2.75, 3.05) is 13.1 Å². The highest BCUT2D eigenvalue weighted by Gasteiger charge is 2.15. The lowest BCUT2D eigenvalue weighted by atomic mass is 10.1. The molecule has 3 heteroatoms. The molecule has 0 unspecified atom stereocenters. The first kappa shape index (κ1) is 10.7. The second kappa shape index (κ2) is 4.35. The molecule has 0 radical (unpaired) electrons. The molecule has 0 aliphatic carbocycles. The highest BCUT2D eigenvalue weighted by Crippen LogP contribution is 2.17. The number of rotatable bonds is 2. The normalized spacial score (nSPS) is 18.3. The van der Waals surface area contributed by atoms with Crippen LogP contribution in [0.15, 0.2) is 0 Å². The molecule has 2 heterocycles. The smallest absolute Gasteiger partial charge is 0.0641 e. The van der Waals surface area contributed by atoms with Gasteiger partial charge in [-0.25, -0.2) is 0 Å². The highest BCUT2D eigenvalue weighted by molar-refractivity contribution is 5.24. The minimum absolute atomic E-state index is 1.09. The maximum absolute atomic E-state index is 4.47. The van der Waals surface area contributed by atoms with Crippen LogP contribution in [0.4, 0.5) is 0 Å². The molecule has 0 spiro atoms. The molecule has 0 saturated carbocycles. The molecule has 15 heavy (non-hydrogen) atoms. The summed E-state index contributed by atoms with van der Waals surface area (Å²) in [5.74, 6) is 0. The molecule has 1 aliphatic heterocycles. The van der Waals surface area contributed by atoms with Crippen LogP contribution in [0.3, 0.4) is 0 Å². The van der Waals surface area contributed by atoms with E-state index >= 15 is 0 Å². The van der Waals surface area contributed by atoms with E-state index in [-0.39, 0.29) is 0 Å². The molecule has 0 aromatic carbocycles. The topological polar surface area (TPSA) is 21.1 Å². The Morgan fingerprint density at radius 3 is 2.33 bits per heavy atom. The van der Waals surface area contributed by atoms with E-state index < -0.39 is 0 Å². The van der Waals surface area contributed by atoms with Gasteiger partial charge >= 0.3 is 0 Å². The zero-order valence-corrected chi connectivity index (χ0v) is 10.1. The molecule has 3 nitrogen and oxygen atoms in total. The molecule has 2 rings (SSSR count). The molecular formula is C12H21N3. The van der Waals surface area contributed by atoms with Gasteiger partial charge in [-0.05, 0) is 39.8 Å². The van der Waals surface area contributed by atoms with Crippen molar-refractivity contribution in [3.8, 4) is 0 Å². The van der Waals surface area contributed by atoms with E-state index in [9.17, 15) is 0 Å². The summed E-state index contributed by atoms with van der Waals surface area (Å²) in [5.41, 5.74) is 3.94. The van der Waals surface area contributed by atoms with Gasteiger partial charge in [0.25, 0.3) is 0 Å². The zero-order valence-electron chi connectivity index (χ0n) is 10.1. The van der Waals surface area contributed by atoms with Gasteiger partial charge in [0.15, 0.2) is 0 Å². The summed E-state index contributed by atoms with van der Waals surface area (Å²) in [6.45, 7) is 7.89. The predicted octanol–water partition coefficient (Wildman–Crippen LogP) is 2.02. The first-order chi connectivity index (χ1) is 7.18. The third-order valence-corrected chi connectivity index (χ3v) is 3.49. The van der Waals surface area contributed by atoms with E-state index in [0.717, 1.165) is 6.54 Å². The van der Waals surface area contributed by atoms with Crippen LogP contribution in [0.1, 0.15) is 36.2 Å². The van der Waals surface area contributed by atoms with Crippen molar-refractivity contribution in [3.05, 3.63) is 17.0 Å². The lowest BCUT2D eigenvalue weighted by molar-refractivity contribution is 0.220. The number of aromatic nitrogens is 2. The van der Waals surface area contributed by atoms with Crippen LogP contribution < -0.4 is 0 Å². The number of likely N-dealkylation sites (tertiary alicyclic amines) is 1. The number of piperidine rings is 1. The second-order valence-corrected chi connectivity index (χ2v) is 4.61. The molecular weight excluding hydrogens is 186 g/mol. The van der Waals surface area contributed by atoms with Gasteiger partial charge in [0.2, 0.25) is 0 Å². The average Bonchev–Trinajstić information content (AvgIpc) is 2.47. The maximum atomic E-state index is 4.47. The average molecular weight is 207 g/mol. The van der Waals surface area contributed by atoms with Gasteiger partial charge in [-0.2, -0.15) is 5.10 Å². The molecule has 0 atom stereocenters. The number of hydrogen-bond donors (Lipinski definition) is 0. The Kier molecular flexibility index (Phi) is 3.10. The molecule has 1 aliphatic rings. The molecule has 0 amide bonds. The van der Waals surface area contributed by atoms with Crippen LogP contribution in [0.2, 0.25) is 0 Å². The number of nitrogens with zero attached hydrogens (tertiary/aromatic N) is 3. The van der Waals surface area contributed by atoms with E-state index in [1.807, 2.05) is 11.7 Å². The van der Waals surface area contributed by atoms with Crippen molar-refractivity contribution < 1.29 is 0 Å². The minimum atomic E-state index is 1.09. The van der Waals surface area contributed by atoms with Crippen molar-refractivity contribution in [3.63, 3.8) is 0 Å². The van der Waals surface area contributed by atoms with E-state index in [4.69, 9.17) is 0 Å². The number of hydrogen-bond acceptors (Lipinski definition) is 2. The summed E-state index contributed by atoms with van der Waals surface area (Å²) in [4.78, 5) is 2.56. The van der Waals surface area contributed by atoms with Crippen molar-refractivity contribution in [1.82, 2.24) is 14.7 Å². The maximum Gasteiger partial charge on any atom is 0.0641 e. The third-order valence-electron chi connectivity index (χ3n) is 3.49. The predicted molar refractivity (Wildman–Crippen MR) is 61.8 cm³/mol. The Morgan fingerprint density at radius 1 is 1.13 bits per heavy atom. The summed E-state index contributed by atoms with van der Waals surface area (Å²) in [6.07, 6.45) is 4.12. The van der Waals surface area contributed by atoms with Crippen LogP contribution in [0.5, 0.6) is 0 Å². The first-order valence-corrected chi connectivity index (χ1v) is 5.90. The zero-order chi connectivity index (χ0) is 10.8. The lowest BCUT2D eigenvalue weighted by Gasteiger charge is -2.26. The summed E-state index contributed by atoms with van der Waals surface area (Å²) < 4.78 is 1.99. The van der Waals surface area contributed by atoms with Crippen molar-refractivity contribution in [2.45, 2.75) is 39.7 Å². The van der Waals surface area contributed by atoms with E-state index in [0.29, 0.717) is 0 Å². The van der Waals surface area contributed by atoms with Crippen LogP contribution in [-0.2, 0) is 13.6 Å². The monoisotopic (exact) mass is 207 g/mol. The van der Waals surface area contributed by atoms with Gasteiger partial charge in [-0.15, -0.1) is 0 Å². The molecule has 0 bridgehead atoms. The Morgan fingerprint density at radius 2 is 1.80 bits per heavy atom. The van der Waals surface area contributed by atoms with E-state index in [1.165, 1.54) is 49.3 Å². The Balaban J connectivity index is 2.09. The Bertz CT molecular complexity index is 335. The molecule has 1 fully saturated rings. The van der Waals surface area contributed by atoms with E-state index in [1.54, 1.807) is 0 Å².